The monoisotopic (exact) mass is 235 g/mol. The average molecular weight is 235 g/mol. The third-order valence-electron chi connectivity index (χ3n) is 2.38. The highest BCUT2D eigenvalue weighted by Crippen LogP contribution is 2.14. The Bertz CT molecular complexity index is 384. The maximum Gasteiger partial charge on any atom is 0.328 e. The summed E-state index contributed by atoms with van der Waals surface area (Å²) in [7, 11) is 3.66. The largest absolute Gasteiger partial charge is 0.478 e. The Morgan fingerprint density at radius 1 is 1.41 bits per heavy atom. The predicted molar refractivity (Wildman–Crippen MR) is 68.3 cm³/mol. The molecule has 0 unspecified atom stereocenters. The van der Waals surface area contributed by atoms with Gasteiger partial charge < -0.3 is 14.7 Å². The van der Waals surface area contributed by atoms with Crippen LogP contribution in [0.4, 0.5) is 5.69 Å². The number of ether oxygens (including phenoxy) is 1. The molecule has 1 N–H and O–H groups in total. The Balaban J connectivity index is 2.64. The lowest BCUT2D eigenvalue weighted by Gasteiger charge is -2.18. The number of methoxy groups -OCH3 is 1. The van der Waals surface area contributed by atoms with E-state index < -0.39 is 5.97 Å². The summed E-state index contributed by atoms with van der Waals surface area (Å²) in [6.07, 6.45) is 2.70. The lowest BCUT2D eigenvalue weighted by atomic mass is 10.2. The molecule has 0 amide bonds. The first-order valence-electron chi connectivity index (χ1n) is 5.34. The van der Waals surface area contributed by atoms with Crippen molar-refractivity contribution in [2.75, 3.05) is 32.2 Å². The van der Waals surface area contributed by atoms with E-state index in [1.54, 1.807) is 13.2 Å². The second-order valence-corrected chi connectivity index (χ2v) is 3.68. The van der Waals surface area contributed by atoms with Crippen LogP contribution in [0.25, 0.3) is 6.08 Å². The van der Waals surface area contributed by atoms with Crippen LogP contribution in [0.3, 0.4) is 0 Å². The van der Waals surface area contributed by atoms with E-state index in [0.717, 1.165) is 23.9 Å². The molecule has 1 aromatic carbocycles. The van der Waals surface area contributed by atoms with Crippen molar-refractivity contribution >= 4 is 17.7 Å². The van der Waals surface area contributed by atoms with E-state index in [-0.39, 0.29) is 0 Å². The summed E-state index contributed by atoms with van der Waals surface area (Å²) in [5.41, 5.74) is 1.95. The Hall–Kier alpha value is -1.81. The van der Waals surface area contributed by atoms with E-state index in [4.69, 9.17) is 9.84 Å². The summed E-state index contributed by atoms with van der Waals surface area (Å²) < 4.78 is 5.00. The molecule has 0 heterocycles. The number of nitrogens with zero attached hydrogens (tertiary/aromatic N) is 1. The van der Waals surface area contributed by atoms with Gasteiger partial charge in [0, 0.05) is 32.5 Å². The maximum atomic E-state index is 10.4. The molecule has 1 rings (SSSR count). The molecule has 0 saturated carbocycles. The van der Waals surface area contributed by atoms with Gasteiger partial charge in [0.2, 0.25) is 0 Å². The topological polar surface area (TPSA) is 49.8 Å². The summed E-state index contributed by atoms with van der Waals surface area (Å²) in [4.78, 5) is 12.4. The number of carboxylic acid groups (broad SMARTS) is 1. The second-order valence-electron chi connectivity index (χ2n) is 3.68. The van der Waals surface area contributed by atoms with Crippen LogP contribution in [0, 0.1) is 0 Å². The highest BCUT2D eigenvalue weighted by molar-refractivity contribution is 5.85. The van der Waals surface area contributed by atoms with Crippen molar-refractivity contribution in [2.24, 2.45) is 0 Å². The Morgan fingerprint density at radius 3 is 2.59 bits per heavy atom. The number of benzene rings is 1. The summed E-state index contributed by atoms with van der Waals surface area (Å²) in [5.74, 6) is -0.939. The van der Waals surface area contributed by atoms with Gasteiger partial charge in [-0.1, -0.05) is 12.1 Å². The molecule has 92 valence electrons. The fourth-order valence-corrected chi connectivity index (χ4v) is 1.36. The molecule has 0 atom stereocenters. The first kappa shape index (κ1) is 13.3. The van der Waals surface area contributed by atoms with Crippen LogP contribution < -0.4 is 4.90 Å². The van der Waals surface area contributed by atoms with Crippen LogP contribution in [-0.2, 0) is 9.53 Å². The van der Waals surface area contributed by atoms with Gasteiger partial charge in [-0.05, 0) is 23.8 Å². The van der Waals surface area contributed by atoms with Gasteiger partial charge in [0.15, 0.2) is 0 Å². The fraction of sp³-hybridized carbons (Fsp3) is 0.308. The molecular weight excluding hydrogens is 218 g/mol. The van der Waals surface area contributed by atoms with Crippen LogP contribution >= 0.6 is 0 Å². The SMILES string of the molecule is COCCN(C)c1ccc(C=CC(=O)O)cc1. The molecule has 0 radical (unpaired) electrons. The van der Waals surface area contributed by atoms with Crippen LogP contribution in [0.1, 0.15) is 5.56 Å². The molecule has 0 aromatic heterocycles. The molecule has 0 bridgehead atoms. The van der Waals surface area contributed by atoms with Crippen LogP contribution in [-0.4, -0.2) is 38.4 Å². The molecule has 0 fully saturated rings. The second kappa shape index (κ2) is 6.70. The molecule has 0 spiro atoms. The minimum atomic E-state index is -0.939. The van der Waals surface area contributed by atoms with Gasteiger partial charge in [0.1, 0.15) is 0 Å². The quantitative estimate of drug-likeness (QED) is 0.765. The van der Waals surface area contributed by atoms with E-state index in [9.17, 15) is 4.79 Å². The van der Waals surface area contributed by atoms with Crippen molar-refractivity contribution in [1.82, 2.24) is 0 Å². The van der Waals surface area contributed by atoms with Crippen molar-refractivity contribution in [3.8, 4) is 0 Å². The molecule has 4 heteroatoms. The third kappa shape index (κ3) is 4.70. The third-order valence-corrected chi connectivity index (χ3v) is 2.38. The zero-order chi connectivity index (χ0) is 12.7. The van der Waals surface area contributed by atoms with Crippen molar-refractivity contribution in [3.05, 3.63) is 35.9 Å². The number of hydrogen-bond donors (Lipinski definition) is 1. The zero-order valence-electron chi connectivity index (χ0n) is 10.1. The van der Waals surface area contributed by atoms with Gasteiger partial charge in [0.05, 0.1) is 6.61 Å². The van der Waals surface area contributed by atoms with Crippen molar-refractivity contribution in [3.63, 3.8) is 0 Å². The summed E-state index contributed by atoms with van der Waals surface area (Å²) in [6.45, 7) is 1.50. The highest BCUT2D eigenvalue weighted by atomic mass is 16.5. The van der Waals surface area contributed by atoms with Gasteiger partial charge in [-0.2, -0.15) is 0 Å². The van der Waals surface area contributed by atoms with Crippen molar-refractivity contribution < 1.29 is 14.6 Å². The molecule has 0 saturated heterocycles. The first-order chi connectivity index (χ1) is 8.13. The van der Waals surface area contributed by atoms with Crippen LogP contribution in [0.5, 0.6) is 0 Å². The number of hydrogen-bond acceptors (Lipinski definition) is 3. The number of likely N-dealkylation sites (N-methyl/N-ethyl adjacent to an activating group) is 1. The number of anilines is 1. The number of carboxylic acids is 1. The van der Waals surface area contributed by atoms with E-state index in [2.05, 4.69) is 4.90 Å². The minimum Gasteiger partial charge on any atom is -0.478 e. The standard InChI is InChI=1S/C13H17NO3/c1-14(9-10-17-2)12-6-3-11(4-7-12)5-8-13(15)16/h3-8H,9-10H2,1-2H3,(H,15,16). The smallest absolute Gasteiger partial charge is 0.328 e. The Morgan fingerprint density at radius 2 is 2.06 bits per heavy atom. The lowest BCUT2D eigenvalue weighted by molar-refractivity contribution is -0.131. The van der Waals surface area contributed by atoms with E-state index >= 15 is 0 Å². The average Bonchev–Trinajstić information content (AvgIpc) is 2.34. The molecule has 0 aliphatic rings. The molecule has 0 aliphatic heterocycles. The summed E-state index contributed by atoms with van der Waals surface area (Å²) >= 11 is 0. The first-order valence-corrected chi connectivity index (χ1v) is 5.34. The van der Waals surface area contributed by atoms with Crippen molar-refractivity contribution in [1.29, 1.82) is 0 Å². The van der Waals surface area contributed by atoms with Gasteiger partial charge in [-0.3, -0.25) is 0 Å². The fourth-order valence-electron chi connectivity index (χ4n) is 1.36. The van der Waals surface area contributed by atoms with Crippen LogP contribution in [0.15, 0.2) is 30.3 Å². The molecule has 1 aromatic rings. The molecule has 4 nitrogen and oxygen atoms in total. The number of carbonyl (C=O) groups is 1. The Labute approximate surface area is 101 Å². The van der Waals surface area contributed by atoms with Gasteiger partial charge in [0.25, 0.3) is 0 Å². The predicted octanol–water partition coefficient (Wildman–Crippen LogP) is 1.87. The van der Waals surface area contributed by atoms with Gasteiger partial charge in [-0.25, -0.2) is 4.79 Å². The maximum absolute atomic E-state index is 10.4. The molecule has 17 heavy (non-hydrogen) atoms. The van der Waals surface area contributed by atoms with Gasteiger partial charge in [-0.15, -0.1) is 0 Å². The number of aliphatic carboxylic acids is 1. The summed E-state index contributed by atoms with van der Waals surface area (Å²) in [6, 6.07) is 7.69. The number of rotatable bonds is 6. The summed E-state index contributed by atoms with van der Waals surface area (Å²) in [5, 5.41) is 8.51. The minimum absolute atomic E-state index is 0.678. The lowest BCUT2D eigenvalue weighted by Crippen LogP contribution is -2.21. The van der Waals surface area contributed by atoms with E-state index in [0.29, 0.717) is 6.61 Å². The molecule has 0 aliphatic carbocycles. The van der Waals surface area contributed by atoms with Crippen LogP contribution in [0.2, 0.25) is 0 Å². The Kier molecular flexibility index (Phi) is 5.23. The van der Waals surface area contributed by atoms with Gasteiger partial charge >= 0.3 is 5.97 Å². The molecular formula is C13H17NO3. The highest BCUT2D eigenvalue weighted by Gasteiger charge is 1.99. The van der Waals surface area contributed by atoms with Crippen molar-refractivity contribution in [2.45, 2.75) is 0 Å². The van der Waals surface area contributed by atoms with E-state index in [1.807, 2.05) is 31.3 Å². The van der Waals surface area contributed by atoms with E-state index in [1.165, 1.54) is 0 Å². The normalized spacial score (nSPS) is 10.7. The zero-order valence-corrected chi connectivity index (χ0v) is 10.1.